The standard InChI is InChI=1S/C22H29N3O3.HI/c1-16(18-9-11-20(27-3)12-10-18)13-14-24-22(23-2)25-15-17-5-7-19(8-6-17)21(26)28-4;/h5-12,16H,13-15H2,1-4H3,(H2,23,24,25);1H. The van der Waals surface area contributed by atoms with Crippen LogP contribution in [-0.4, -0.2) is 39.7 Å². The Bertz CT molecular complexity index is 777. The summed E-state index contributed by atoms with van der Waals surface area (Å²) in [5.74, 6) is 1.72. The van der Waals surface area contributed by atoms with Crippen LogP contribution in [0.25, 0.3) is 0 Å². The zero-order valence-electron chi connectivity index (χ0n) is 17.4. The van der Waals surface area contributed by atoms with Crippen molar-refractivity contribution in [3.05, 3.63) is 65.2 Å². The zero-order valence-corrected chi connectivity index (χ0v) is 19.7. The van der Waals surface area contributed by atoms with Crippen molar-refractivity contribution in [3.8, 4) is 5.75 Å². The predicted molar refractivity (Wildman–Crippen MR) is 127 cm³/mol. The second-order valence-corrected chi connectivity index (χ2v) is 6.50. The van der Waals surface area contributed by atoms with Crippen LogP contribution in [0.15, 0.2) is 53.5 Å². The summed E-state index contributed by atoms with van der Waals surface area (Å²) in [5.41, 5.74) is 2.89. The van der Waals surface area contributed by atoms with E-state index in [1.165, 1.54) is 12.7 Å². The average molecular weight is 511 g/mol. The molecule has 0 aromatic heterocycles. The Morgan fingerprint density at radius 1 is 1.03 bits per heavy atom. The summed E-state index contributed by atoms with van der Waals surface area (Å²) in [6.45, 7) is 3.64. The number of ether oxygens (including phenoxy) is 2. The van der Waals surface area contributed by atoms with Crippen LogP contribution in [0.2, 0.25) is 0 Å². The fraction of sp³-hybridized carbons (Fsp3) is 0.364. The zero-order chi connectivity index (χ0) is 20.4. The summed E-state index contributed by atoms with van der Waals surface area (Å²) >= 11 is 0. The number of hydrogen-bond acceptors (Lipinski definition) is 4. The molecule has 0 fully saturated rings. The van der Waals surface area contributed by atoms with Crippen LogP contribution >= 0.6 is 24.0 Å². The molecular weight excluding hydrogens is 481 g/mol. The Kier molecular flexibility index (Phi) is 11.1. The van der Waals surface area contributed by atoms with Gasteiger partial charge in [-0.1, -0.05) is 31.2 Å². The van der Waals surface area contributed by atoms with E-state index >= 15 is 0 Å². The third kappa shape index (κ3) is 7.92. The molecule has 158 valence electrons. The van der Waals surface area contributed by atoms with Crippen molar-refractivity contribution in [2.75, 3.05) is 27.8 Å². The van der Waals surface area contributed by atoms with Gasteiger partial charge in [-0.15, -0.1) is 24.0 Å². The number of carbonyl (C=O) groups is 1. The summed E-state index contributed by atoms with van der Waals surface area (Å²) in [7, 11) is 4.81. The molecule has 29 heavy (non-hydrogen) atoms. The van der Waals surface area contributed by atoms with Gasteiger partial charge in [0.1, 0.15) is 5.75 Å². The first kappa shape index (κ1) is 24.7. The van der Waals surface area contributed by atoms with E-state index in [4.69, 9.17) is 9.47 Å². The summed E-state index contributed by atoms with van der Waals surface area (Å²) in [6, 6.07) is 15.5. The van der Waals surface area contributed by atoms with E-state index in [1.54, 1.807) is 26.3 Å². The van der Waals surface area contributed by atoms with Crippen molar-refractivity contribution in [3.63, 3.8) is 0 Å². The van der Waals surface area contributed by atoms with E-state index in [9.17, 15) is 4.79 Å². The highest BCUT2D eigenvalue weighted by Gasteiger charge is 2.07. The number of guanidine groups is 1. The topological polar surface area (TPSA) is 72.0 Å². The van der Waals surface area contributed by atoms with Gasteiger partial charge in [0.05, 0.1) is 19.8 Å². The van der Waals surface area contributed by atoms with Gasteiger partial charge in [0.2, 0.25) is 0 Å². The minimum absolute atomic E-state index is 0. The molecular formula is C22H30IN3O3. The fourth-order valence-electron chi connectivity index (χ4n) is 2.79. The summed E-state index contributed by atoms with van der Waals surface area (Å²) < 4.78 is 9.91. The molecule has 1 atom stereocenters. The van der Waals surface area contributed by atoms with Gasteiger partial charge in [-0.3, -0.25) is 4.99 Å². The molecule has 0 aliphatic rings. The van der Waals surface area contributed by atoms with Crippen LogP contribution in [0.5, 0.6) is 5.75 Å². The first-order chi connectivity index (χ1) is 13.6. The predicted octanol–water partition coefficient (Wildman–Crippen LogP) is 3.96. The first-order valence-corrected chi connectivity index (χ1v) is 9.33. The smallest absolute Gasteiger partial charge is 0.337 e. The molecule has 0 bridgehead atoms. The van der Waals surface area contributed by atoms with Crippen LogP contribution in [-0.2, 0) is 11.3 Å². The molecule has 2 aromatic carbocycles. The molecule has 0 spiro atoms. The van der Waals surface area contributed by atoms with E-state index < -0.39 is 0 Å². The maximum atomic E-state index is 11.5. The number of nitrogens with one attached hydrogen (secondary N) is 2. The van der Waals surface area contributed by atoms with Gasteiger partial charge in [0, 0.05) is 20.1 Å². The van der Waals surface area contributed by atoms with Crippen LogP contribution in [0.3, 0.4) is 0 Å². The number of hydrogen-bond donors (Lipinski definition) is 2. The Morgan fingerprint density at radius 2 is 1.69 bits per heavy atom. The van der Waals surface area contributed by atoms with Gasteiger partial charge in [-0.2, -0.15) is 0 Å². The third-order valence-electron chi connectivity index (χ3n) is 4.61. The lowest BCUT2D eigenvalue weighted by Crippen LogP contribution is -2.37. The number of benzene rings is 2. The molecule has 2 rings (SSSR count). The minimum Gasteiger partial charge on any atom is -0.497 e. The second-order valence-electron chi connectivity index (χ2n) is 6.50. The van der Waals surface area contributed by atoms with Crippen LogP contribution in [0, 0.1) is 0 Å². The molecule has 0 amide bonds. The lowest BCUT2D eigenvalue weighted by molar-refractivity contribution is 0.0600. The van der Waals surface area contributed by atoms with Crippen LogP contribution in [0.4, 0.5) is 0 Å². The summed E-state index contributed by atoms with van der Waals surface area (Å²) in [5, 5.41) is 6.62. The number of nitrogens with zero attached hydrogens (tertiary/aromatic N) is 1. The molecule has 0 saturated carbocycles. The molecule has 7 heteroatoms. The van der Waals surface area contributed by atoms with Crippen LogP contribution in [0.1, 0.15) is 40.7 Å². The van der Waals surface area contributed by atoms with Crippen molar-refractivity contribution < 1.29 is 14.3 Å². The van der Waals surface area contributed by atoms with E-state index in [-0.39, 0.29) is 29.9 Å². The monoisotopic (exact) mass is 511 g/mol. The van der Waals surface area contributed by atoms with Gasteiger partial charge in [-0.05, 0) is 47.7 Å². The number of methoxy groups -OCH3 is 2. The highest BCUT2D eigenvalue weighted by Crippen LogP contribution is 2.21. The number of esters is 1. The summed E-state index contributed by atoms with van der Waals surface area (Å²) in [6.07, 6.45) is 0.987. The SMILES string of the molecule is CN=C(NCCC(C)c1ccc(OC)cc1)NCc1ccc(C(=O)OC)cc1.I. The molecule has 2 N–H and O–H groups in total. The Morgan fingerprint density at radius 3 is 2.24 bits per heavy atom. The molecule has 0 saturated heterocycles. The molecule has 0 aliphatic carbocycles. The van der Waals surface area contributed by atoms with Crippen molar-refractivity contribution in [1.29, 1.82) is 0 Å². The number of carbonyl (C=O) groups excluding carboxylic acids is 1. The van der Waals surface area contributed by atoms with E-state index in [0.29, 0.717) is 18.0 Å². The average Bonchev–Trinajstić information content (AvgIpc) is 2.75. The fourth-order valence-corrected chi connectivity index (χ4v) is 2.79. The Hall–Kier alpha value is -2.29. The van der Waals surface area contributed by atoms with E-state index in [0.717, 1.165) is 30.2 Å². The van der Waals surface area contributed by atoms with Crippen molar-refractivity contribution in [2.24, 2.45) is 4.99 Å². The Labute approximate surface area is 190 Å². The second kappa shape index (κ2) is 13.0. The highest BCUT2D eigenvalue weighted by atomic mass is 127. The molecule has 0 aliphatic heterocycles. The summed E-state index contributed by atoms with van der Waals surface area (Å²) in [4.78, 5) is 15.7. The van der Waals surface area contributed by atoms with Crippen LogP contribution < -0.4 is 15.4 Å². The lowest BCUT2D eigenvalue weighted by atomic mass is 9.98. The van der Waals surface area contributed by atoms with Gasteiger partial charge in [-0.25, -0.2) is 4.79 Å². The number of aliphatic imine (C=N–C) groups is 1. The largest absolute Gasteiger partial charge is 0.497 e. The third-order valence-corrected chi connectivity index (χ3v) is 4.61. The number of halogens is 1. The maximum Gasteiger partial charge on any atom is 0.337 e. The maximum absolute atomic E-state index is 11.5. The lowest BCUT2D eigenvalue weighted by Gasteiger charge is -2.15. The van der Waals surface area contributed by atoms with Gasteiger partial charge in [0.15, 0.2) is 5.96 Å². The van der Waals surface area contributed by atoms with Crippen molar-refractivity contribution in [2.45, 2.75) is 25.8 Å². The van der Waals surface area contributed by atoms with Gasteiger partial charge >= 0.3 is 5.97 Å². The van der Waals surface area contributed by atoms with Crippen molar-refractivity contribution >= 4 is 35.9 Å². The highest BCUT2D eigenvalue weighted by molar-refractivity contribution is 14.0. The van der Waals surface area contributed by atoms with E-state index in [1.807, 2.05) is 24.3 Å². The first-order valence-electron chi connectivity index (χ1n) is 9.33. The normalized spacial score (nSPS) is 11.8. The molecule has 0 heterocycles. The molecule has 2 aromatic rings. The molecule has 1 unspecified atom stereocenters. The molecule has 0 radical (unpaired) electrons. The van der Waals surface area contributed by atoms with Crippen molar-refractivity contribution in [1.82, 2.24) is 10.6 Å². The quantitative estimate of drug-likeness (QED) is 0.243. The van der Waals surface area contributed by atoms with E-state index in [2.05, 4.69) is 34.7 Å². The van der Waals surface area contributed by atoms with Gasteiger partial charge < -0.3 is 20.1 Å². The number of rotatable bonds is 8. The minimum atomic E-state index is -0.331. The Balaban J connectivity index is 0.00000420. The van der Waals surface area contributed by atoms with Gasteiger partial charge in [0.25, 0.3) is 0 Å². The molecule has 6 nitrogen and oxygen atoms in total.